The van der Waals surface area contributed by atoms with Crippen LogP contribution < -0.4 is 0 Å². The minimum absolute atomic E-state index is 0.0338. The smallest absolute Gasteiger partial charge is 0.270 e. The summed E-state index contributed by atoms with van der Waals surface area (Å²) in [6.45, 7) is 0. The molecule has 1 aromatic carbocycles. The summed E-state index contributed by atoms with van der Waals surface area (Å²) < 4.78 is 0. The van der Waals surface area contributed by atoms with Crippen molar-refractivity contribution in [3.05, 3.63) is 47.5 Å². The number of hydrogen-bond acceptors (Lipinski definition) is 3. The van der Waals surface area contributed by atoms with Gasteiger partial charge in [-0.05, 0) is 24.5 Å². The van der Waals surface area contributed by atoms with Crippen molar-refractivity contribution < 1.29 is 9.59 Å². The molecule has 1 aliphatic rings. The molecular formula is C12H9NO2S. The van der Waals surface area contributed by atoms with E-state index in [2.05, 4.69) is 4.99 Å². The molecule has 16 heavy (non-hydrogen) atoms. The van der Waals surface area contributed by atoms with Gasteiger partial charge >= 0.3 is 0 Å². The van der Waals surface area contributed by atoms with Crippen molar-refractivity contribution in [3.63, 3.8) is 0 Å². The predicted molar refractivity (Wildman–Crippen MR) is 65.0 cm³/mol. The van der Waals surface area contributed by atoms with E-state index in [1.165, 1.54) is 17.8 Å². The molecule has 0 radical (unpaired) electrons. The molecule has 0 saturated heterocycles. The number of carbonyl (C=O) groups excluding carboxylic acids is 2. The van der Waals surface area contributed by atoms with Gasteiger partial charge in [-0.3, -0.25) is 9.59 Å². The van der Waals surface area contributed by atoms with Gasteiger partial charge < -0.3 is 0 Å². The zero-order valence-electron chi connectivity index (χ0n) is 8.64. The number of rotatable bonds is 2. The second-order valence-corrected chi connectivity index (χ2v) is 4.02. The fourth-order valence-corrected chi connectivity index (χ4v) is 1.77. The van der Waals surface area contributed by atoms with E-state index in [1.54, 1.807) is 36.6 Å². The second-order valence-electron chi connectivity index (χ2n) is 3.24. The summed E-state index contributed by atoms with van der Waals surface area (Å²) in [5, 5.41) is 0.0338. The van der Waals surface area contributed by atoms with Crippen molar-refractivity contribution in [3.8, 4) is 0 Å². The number of amides is 1. The molecule has 4 heteroatoms. The van der Waals surface area contributed by atoms with E-state index in [0.29, 0.717) is 11.3 Å². The lowest BCUT2D eigenvalue weighted by Gasteiger charge is -2.00. The minimum atomic E-state index is -0.237. The number of benzene rings is 1. The normalized spacial score (nSPS) is 14.1. The monoisotopic (exact) mass is 231 g/mol. The molecule has 0 bridgehead atoms. The van der Waals surface area contributed by atoms with Crippen LogP contribution in [0.4, 0.5) is 0 Å². The van der Waals surface area contributed by atoms with E-state index in [9.17, 15) is 9.59 Å². The highest BCUT2D eigenvalue weighted by molar-refractivity contribution is 8.13. The maximum absolute atomic E-state index is 11.4. The Morgan fingerprint density at radius 2 is 1.88 bits per heavy atom. The van der Waals surface area contributed by atoms with Gasteiger partial charge in [0.15, 0.2) is 0 Å². The Labute approximate surface area is 97.3 Å². The zero-order chi connectivity index (χ0) is 11.5. The summed E-state index contributed by atoms with van der Waals surface area (Å²) in [4.78, 5) is 26.1. The third-order valence-electron chi connectivity index (χ3n) is 2.22. The van der Waals surface area contributed by atoms with Gasteiger partial charge in [0, 0.05) is 17.2 Å². The number of hydrogen-bond donors (Lipinski definition) is 0. The van der Waals surface area contributed by atoms with Crippen molar-refractivity contribution in [1.29, 1.82) is 0 Å². The van der Waals surface area contributed by atoms with Gasteiger partial charge in [0.2, 0.25) is 5.12 Å². The SMILES string of the molecule is CSC(=O)c1ccc(C2=NC(=O)C=C2)cc1. The molecule has 1 heterocycles. The second kappa shape index (κ2) is 4.45. The summed E-state index contributed by atoms with van der Waals surface area (Å²) in [5.74, 6) is -0.237. The molecule has 0 unspecified atom stereocenters. The molecule has 1 amide bonds. The molecule has 0 N–H and O–H groups in total. The first-order chi connectivity index (χ1) is 7.70. The summed E-state index contributed by atoms with van der Waals surface area (Å²) in [7, 11) is 0. The van der Waals surface area contributed by atoms with Crippen molar-refractivity contribution in [2.24, 2.45) is 4.99 Å². The molecule has 0 aliphatic carbocycles. The lowest BCUT2D eigenvalue weighted by molar-refractivity contribution is -0.113. The first-order valence-corrected chi connectivity index (χ1v) is 5.92. The molecule has 0 spiro atoms. The average molecular weight is 231 g/mol. The third kappa shape index (κ3) is 2.12. The van der Waals surface area contributed by atoms with Gasteiger partial charge in [-0.1, -0.05) is 23.9 Å². The molecule has 2 rings (SSSR count). The van der Waals surface area contributed by atoms with Gasteiger partial charge in [0.1, 0.15) is 0 Å². The molecule has 0 saturated carbocycles. The topological polar surface area (TPSA) is 46.5 Å². The Morgan fingerprint density at radius 3 is 2.38 bits per heavy atom. The highest BCUT2D eigenvalue weighted by Crippen LogP contribution is 2.13. The Hall–Kier alpha value is -1.68. The van der Waals surface area contributed by atoms with E-state index in [1.807, 2.05) is 0 Å². The van der Waals surface area contributed by atoms with E-state index in [0.717, 1.165) is 5.56 Å². The van der Waals surface area contributed by atoms with Crippen LogP contribution in [0, 0.1) is 0 Å². The fourth-order valence-electron chi connectivity index (χ4n) is 1.40. The summed E-state index contributed by atoms with van der Waals surface area (Å²) in [5.41, 5.74) is 2.15. The summed E-state index contributed by atoms with van der Waals surface area (Å²) >= 11 is 1.18. The van der Waals surface area contributed by atoms with Crippen molar-refractivity contribution in [2.75, 3.05) is 6.26 Å². The maximum atomic E-state index is 11.4. The average Bonchev–Trinajstić information content (AvgIpc) is 2.75. The van der Waals surface area contributed by atoms with E-state index in [-0.39, 0.29) is 11.0 Å². The zero-order valence-corrected chi connectivity index (χ0v) is 9.45. The lowest BCUT2D eigenvalue weighted by Crippen LogP contribution is -1.97. The lowest BCUT2D eigenvalue weighted by atomic mass is 10.1. The first-order valence-electron chi connectivity index (χ1n) is 4.70. The van der Waals surface area contributed by atoms with Crippen LogP contribution in [-0.2, 0) is 4.79 Å². The molecule has 3 nitrogen and oxygen atoms in total. The Morgan fingerprint density at radius 1 is 1.19 bits per heavy atom. The number of carbonyl (C=O) groups is 2. The van der Waals surface area contributed by atoms with Gasteiger partial charge in [-0.2, -0.15) is 0 Å². The van der Waals surface area contributed by atoms with Crippen LogP contribution in [0.25, 0.3) is 0 Å². The largest absolute Gasteiger partial charge is 0.282 e. The fraction of sp³-hybridized carbons (Fsp3) is 0.0833. The van der Waals surface area contributed by atoms with Crippen molar-refractivity contribution in [1.82, 2.24) is 0 Å². The van der Waals surface area contributed by atoms with Gasteiger partial charge in [0.05, 0.1) is 5.71 Å². The van der Waals surface area contributed by atoms with Crippen LogP contribution in [0.3, 0.4) is 0 Å². The number of allylic oxidation sites excluding steroid dienone is 1. The van der Waals surface area contributed by atoms with Crippen LogP contribution in [0.1, 0.15) is 15.9 Å². The van der Waals surface area contributed by atoms with Crippen LogP contribution >= 0.6 is 11.8 Å². The van der Waals surface area contributed by atoms with E-state index in [4.69, 9.17) is 0 Å². The van der Waals surface area contributed by atoms with Crippen LogP contribution in [0.2, 0.25) is 0 Å². The van der Waals surface area contributed by atoms with Crippen LogP contribution in [-0.4, -0.2) is 23.0 Å². The van der Waals surface area contributed by atoms with E-state index < -0.39 is 0 Å². The molecule has 0 aromatic heterocycles. The third-order valence-corrected chi connectivity index (χ3v) is 2.82. The highest BCUT2D eigenvalue weighted by atomic mass is 32.2. The molecule has 1 aromatic rings. The number of nitrogens with zero attached hydrogens (tertiary/aromatic N) is 1. The summed E-state index contributed by atoms with van der Waals surface area (Å²) in [6.07, 6.45) is 4.85. The predicted octanol–water partition coefficient (Wildman–Crippen LogP) is 2.08. The molecule has 1 aliphatic heterocycles. The molecule has 0 atom stereocenters. The Bertz CT molecular complexity index is 500. The maximum Gasteiger partial charge on any atom is 0.270 e. The quantitative estimate of drug-likeness (QED) is 0.782. The van der Waals surface area contributed by atoms with Gasteiger partial charge in [0.25, 0.3) is 5.91 Å². The Balaban J connectivity index is 2.27. The number of thioether (sulfide) groups is 1. The van der Waals surface area contributed by atoms with Crippen LogP contribution in [0.15, 0.2) is 41.4 Å². The highest BCUT2D eigenvalue weighted by Gasteiger charge is 2.09. The van der Waals surface area contributed by atoms with E-state index >= 15 is 0 Å². The van der Waals surface area contributed by atoms with Gasteiger partial charge in [-0.15, -0.1) is 0 Å². The van der Waals surface area contributed by atoms with Crippen molar-refractivity contribution in [2.45, 2.75) is 0 Å². The Kier molecular flexibility index (Phi) is 3.01. The molecule has 0 fully saturated rings. The van der Waals surface area contributed by atoms with Crippen LogP contribution in [0.5, 0.6) is 0 Å². The summed E-state index contributed by atoms with van der Waals surface area (Å²) in [6, 6.07) is 7.08. The van der Waals surface area contributed by atoms with Crippen molar-refractivity contribution >= 4 is 28.5 Å². The number of aliphatic imine (C=N–C) groups is 1. The minimum Gasteiger partial charge on any atom is -0.282 e. The van der Waals surface area contributed by atoms with Gasteiger partial charge in [-0.25, -0.2) is 4.99 Å². The standard InChI is InChI=1S/C12H9NO2S/c1-16-12(15)9-4-2-8(3-5-9)10-6-7-11(14)13-10/h2-7H,1H3. The molecular weight excluding hydrogens is 222 g/mol. The first kappa shape index (κ1) is 10.8. The molecule has 80 valence electrons.